The molecule has 0 unspecified atom stereocenters. The van der Waals surface area contributed by atoms with E-state index in [1.807, 2.05) is 72.8 Å². The standard InChI is InChI=1S/C24H21N5O/c30-24(22-16-28-23(17-26-22)27-15-19-11-13-25-14-12-19)29(21-9-5-2-6-10-21)18-20-7-3-1-4-8-20/h1-14,16-17H,15,18H2,(H,27,28). The number of nitrogens with zero attached hydrogens (tertiary/aromatic N) is 4. The fourth-order valence-corrected chi connectivity index (χ4v) is 3.02. The minimum Gasteiger partial charge on any atom is -0.365 e. The molecule has 148 valence electrons. The van der Waals surface area contributed by atoms with E-state index < -0.39 is 0 Å². The smallest absolute Gasteiger partial charge is 0.278 e. The van der Waals surface area contributed by atoms with Crippen LogP contribution in [-0.4, -0.2) is 20.9 Å². The Bertz CT molecular complexity index is 1070. The minimum absolute atomic E-state index is 0.196. The molecule has 0 saturated heterocycles. The summed E-state index contributed by atoms with van der Waals surface area (Å²) in [6, 6.07) is 23.3. The summed E-state index contributed by atoms with van der Waals surface area (Å²) in [4.78, 5) is 27.7. The molecule has 6 heteroatoms. The van der Waals surface area contributed by atoms with E-state index in [2.05, 4.69) is 20.3 Å². The van der Waals surface area contributed by atoms with Crippen LogP contribution in [0.1, 0.15) is 21.6 Å². The number of para-hydroxylation sites is 1. The topological polar surface area (TPSA) is 71.0 Å². The lowest BCUT2D eigenvalue weighted by atomic mass is 10.2. The molecule has 0 spiro atoms. The van der Waals surface area contributed by atoms with Crippen molar-refractivity contribution in [3.8, 4) is 0 Å². The number of rotatable bonds is 7. The SMILES string of the molecule is O=C(c1cnc(NCc2ccncc2)cn1)N(Cc1ccccc1)c1ccccc1. The third-order valence-corrected chi connectivity index (χ3v) is 4.59. The second-order valence-corrected chi connectivity index (χ2v) is 6.71. The second kappa shape index (κ2) is 9.43. The van der Waals surface area contributed by atoms with Crippen LogP contribution in [0.3, 0.4) is 0 Å². The van der Waals surface area contributed by atoms with Crippen LogP contribution < -0.4 is 10.2 Å². The van der Waals surface area contributed by atoms with Crippen LogP contribution in [0.15, 0.2) is 97.6 Å². The van der Waals surface area contributed by atoms with Gasteiger partial charge in [-0.15, -0.1) is 0 Å². The number of carbonyl (C=O) groups excluding carboxylic acids is 1. The molecule has 2 aromatic heterocycles. The van der Waals surface area contributed by atoms with Crippen LogP contribution in [0, 0.1) is 0 Å². The van der Waals surface area contributed by atoms with Crippen molar-refractivity contribution < 1.29 is 4.79 Å². The van der Waals surface area contributed by atoms with Crippen molar-refractivity contribution in [1.29, 1.82) is 0 Å². The molecule has 1 N–H and O–H groups in total. The Morgan fingerprint density at radius 1 is 0.800 bits per heavy atom. The van der Waals surface area contributed by atoms with Crippen molar-refractivity contribution in [3.63, 3.8) is 0 Å². The van der Waals surface area contributed by atoms with Crippen molar-refractivity contribution in [2.45, 2.75) is 13.1 Å². The van der Waals surface area contributed by atoms with E-state index in [0.29, 0.717) is 24.6 Å². The van der Waals surface area contributed by atoms with Crippen LogP contribution >= 0.6 is 0 Å². The minimum atomic E-state index is -0.196. The van der Waals surface area contributed by atoms with E-state index in [4.69, 9.17) is 0 Å². The summed E-state index contributed by atoms with van der Waals surface area (Å²) in [5, 5.41) is 3.20. The highest BCUT2D eigenvalue weighted by molar-refractivity contribution is 6.04. The van der Waals surface area contributed by atoms with Gasteiger partial charge in [-0.2, -0.15) is 0 Å². The van der Waals surface area contributed by atoms with Crippen molar-refractivity contribution in [3.05, 3.63) is 114 Å². The van der Waals surface area contributed by atoms with Gasteiger partial charge in [0.25, 0.3) is 5.91 Å². The van der Waals surface area contributed by atoms with Gasteiger partial charge in [0.1, 0.15) is 11.5 Å². The highest BCUT2D eigenvalue weighted by Crippen LogP contribution is 2.19. The number of carbonyl (C=O) groups is 1. The molecule has 0 fully saturated rings. The molecule has 0 bridgehead atoms. The highest BCUT2D eigenvalue weighted by Gasteiger charge is 2.19. The summed E-state index contributed by atoms with van der Waals surface area (Å²) in [6.07, 6.45) is 6.59. The summed E-state index contributed by atoms with van der Waals surface area (Å²) in [5.74, 6) is 0.413. The Kier molecular flexibility index (Phi) is 6.05. The van der Waals surface area contributed by atoms with Crippen molar-refractivity contribution in [2.24, 2.45) is 0 Å². The van der Waals surface area contributed by atoms with Crippen LogP contribution in [0.2, 0.25) is 0 Å². The Labute approximate surface area is 175 Å². The molecule has 0 aliphatic carbocycles. The van der Waals surface area contributed by atoms with Crippen LogP contribution in [0.4, 0.5) is 11.5 Å². The first-order valence-electron chi connectivity index (χ1n) is 9.65. The lowest BCUT2D eigenvalue weighted by Gasteiger charge is -2.22. The van der Waals surface area contributed by atoms with Crippen LogP contribution in [-0.2, 0) is 13.1 Å². The maximum atomic E-state index is 13.2. The average molecular weight is 395 g/mol. The first-order valence-corrected chi connectivity index (χ1v) is 9.65. The second-order valence-electron chi connectivity index (χ2n) is 6.71. The van der Waals surface area contributed by atoms with Crippen molar-refractivity contribution in [1.82, 2.24) is 15.0 Å². The predicted octanol–water partition coefficient (Wildman–Crippen LogP) is 4.33. The quantitative estimate of drug-likeness (QED) is 0.504. The van der Waals surface area contributed by atoms with E-state index in [-0.39, 0.29) is 5.91 Å². The number of aromatic nitrogens is 3. The number of nitrogens with one attached hydrogen (secondary N) is 1. The van der Waals surface area contributed by atoms with E-state index in [1.54, 1.807) is 23.5 Å². The molecular formula is C24H21N5O. The Hall–Kier alpha value is -4.06. The lowest BCUT2D eigenvalue weighted by molar-refractivity contribution is 0.0980. The highest BCUT2D eigenvalue weighted by atomic mass is 16.2. The molecule has 0 radical (unpaired) electrons. The van der Waals surface area contributed by atoms with Gasteiger partial charge in [-0.25, -0.2) is 9.97 Å². The Morgan fingerprint density at radius 2 is 1.50 bits per heavy atom. The number of benzene rings is 2. The monoisotopic (exact) mass is 395 g/mol. The fraction of sp³-hybridized carbons (Fsp3) is 0.0833. The molecule has 0 aliphatic rings. The number of pyridine rings is 1. The third kappa shape index (κ3) is 4.86. The van der Waals surface area contributed by atoms with Gasteiger partial charge in [-0.1, -0.05) is 48.5 Å². The lowest BCUT2D eigenvalue weighted by Crippen LogP contribution is -2.31. The largest absolute Gasteiger partial charge is 0.365 e. The molecule has 6 nitrogen and oxygen atoms in total. The number of hydrogen-bond donors (Lipinski definition) is 1. The molecule has 0 saturated carbocycles. The molecule has 2 heterocycles. The third-order valence-electron chi connectivity index (χ3n) is 4.59. The van der Waals surface area contributed by atoms with Gasteiger partial charge in [0.15, 0.2) is 0 Å². The zero-order valence-electron chi connectivity index (χ0n) is 16.3. The molecular weight excluding hydrogens is 374 g/mol. The molecule has 0 atom stereocenters. The molecule has 30 heavy (non-hydrogen) atoms. The van der Waals surface area contributed by atoms with E-state index in [1.165, 1.54) is 6.20 Å². The van der Waals surface area contributed by atoms with Crippen molar-refractivity contribution in [2.75, 3.05) is 10.2 Å². The molecule has 1 amide bonds. The normalized spacial score (nSPS) is 10.4. The van der Waals surface area contributed by atoms with Gasteiger partial charge >= 0.3 is 0 Å². The molecule has 2 aromatic carbocycles. The average Bonchev–Trinajstić information content (AvgIpc) is 2.83. The first kappa shape index (κ1) is 19.3. The number of amides is 1. The van der Waals surface area contributed by atoms with E-state index in [0.717, 1.165) is 16.8 Å². The van der Waals surface area contributed by atoms with Gasteiger partial charge < -0.3 is 10.2 Å². The summed E-state index contributed by atoms with van der Waals surface area (Å²) in [7, 11) is 0. The zero-order valence-corrected chi connectivity index (χ0v) is 16.3. The van der Waals surface area contributed by atoms with E-state index in [9.17, 15) is 4.79 Å². The number of hydrogen-bond acceptors (Lipinski definition) is 5. The summed E-state index contributed by atoms with van der Waals surface area (Å²) >= 11 is 0. The summed E-state index contributed by atoms with van der Waals surface area (Å²) in [5.41, 5.74) is 3.24. The molecule has 0 aliphatic heterocycles. The number of anilines is 2. The van der Waals surface area contributed by atoms with Crippen LogP contribution in [0.5, 0.6) is 0 Å². The zero-order chi connectivity index (χ0) is 20.6. The summed E-state index contributed by atoms with van der Waals surface area (Å²) in [6.45, 7) is 1.06. The van der Waals surface area contributed by atoms with Gasteiger partial charge in [-0.05, 0) is 35.4 Å². The van der Waals surface area contributed by atoms with E-state index >= 15 is 0 Å². The summed E-state index contributed by atoms with van der Waals surface area (Å²) < 4.78 is 0. The Balaban J connectivity index is 1.51. The van der Waals surface area contributed by atoms with Gasteiger partial charge in [0.05, 0.1) is 18.9 Å². The first-order chi connectivity index (χ1) is 14.8. The fourth-order valence-electron chi connectivity index (χ4n) is 3.02. The van der Waals surface area contributed by atoms with Crippen molar-refractivity contribution >= 4 is 17.4 Å². The maximum Gasteiger partial charge on any atom is 0.278 e. The van der Waals surface area contributed by atoms with Gasteiger partial charge in [0.2, 0.25) is 0 Å². The Morgan fingerprint density at radius 3 is 2.17 bits per heavy atom. The predicted molar refractivity (Wildman–Crippen MR) is 117 cm³/mol. The molecule has 4 aromatic rings. The molecule has 4 rings (SSSR count). The van der Waals surface area contributed by atoms with Crippen LogP contribution in [0.25, 0.3) is 0 Å². The maximum absolute atomic E-state index is 13.2. The van der Waals surface area contributed by atoms with Gasteiger partial charge in [0, 0.05) is 24.6 Å². The van der Waals surface area contributed by atoms with Gasteiger partial charge in [-0.3, -0.25) is 9.78 Å².